The first-order valence-electron chi connectivity index (χ1n) is 7.70. The molecule has 0 unspecified atom stereocenters. The molecule has 2 aromatic carbocycles. The summed E-state index contributed by atoms with van der Waals surface area (Å²) < 4.78 is 6.19. The van der Waals surface area contributed by atoms with Crippen LogP contribution in [0.2, 0.25) is 5.02 Å². The van der Waals surface area contributed by atoms with Crippen molar-refractivity contribution in [3.8, 4) is 5.69 Å². The molecule has 0 saturated heterocycles. The smallest absolute Gasteiger partial charge is 0.337 e. The van der Waals surface area contributed by atoms with Gasteiger partial charge in [0.05, 0.1) is 34.3 Å². The summed E-state index contributed by atoms with van der Waals surface area (Å²) in [5.74, 6) is 0.0727. The van der Waals surface area contributed by atoms with Crippen molar-refractivity contribution in [2.75, 3.05) is 12.9 Å². The molecule has 132 valence electrons. The van der Waals surface area contributed by atoms with E-state index in [1.54, 1.807) is 42.5 Å². The van der Waals surface area contributed by atoms with Gasteiger partial charge < -0.3 is 4.74 Å². The van der Waals surface area contributed by atoms with Crippen LogP contribution in [0.3, 0.4) is 0 Å². The number of fused-ring (bicyclic) bond motifs is 1. The van der Waals surface area contributed by atoms with Gasteiger partial charge in [-0.3, -0.25) is 9.36 Å². The van der Waals surface area contributed by atoms with E-state index in [4.69, 9.17) is 16.3 Å². The Labute approximate surface area is 159 Å². The van der Waals surface area contributed by atoms with Crippen molar-refractivity contribution in [3.05, 3.63) is 76.1 Å². The maximum Gasteiger partial charge on any atom is 0.337 e. The monoisotopic (exact) mass is 386 g/mol. The summed E-state index contributed by atoms with van der Waals surface area (Å²) in [6, 6.07) is 11.8. The first-order chi connectivity index (χ1) is 12.6. The van der Waals surface area contributed by atoms with E-state index in [1.807, 2.05) is 0 Å². The van der Waals surface area contributed by atoms with Crippen LogP contribution >= 0.6 is 23.4 Å². The number of rotatable bonds is 5. The summed E-state index contributed by atoms with van der Waals surface area (Å²) in [4.78, 5) is 29.6. The number of nitrogens with zero attached hydrogens (tertiary/aromatic N) is 2. The molecule has 1 aromatic heterocycles. The highest BCUT2D eigenvalue weighted by Crippen LogP contribution is 2.26. The van der Waals surface area contributed by atoms with E-state index < -0.39 is 5.97 Å². The molecule has 7 heteroatoms. The number of carbonyl (C=O) groups is 1. The van der Waals surface area contributed by atoms with Crippen molar-refractivity contribution in [2.45, 2.75) is 5.16 Å². The summed E-state index contributed by atoms with van der Waals surface area (Å²) in [7, 11) is 1.29. The fourth-order valence-corrected chi connectivity index (χ4v) is 3.45. The Bertz CT molecular complexity index is 1060. The molecule has 1 heterocycles. The molecule has 0 N–H and O–H groups in total. The van der Waals surface area contributed by atoms with E-state index in [2.05, 4.69) is 11.6 Å². The number of hydrogen-bond acceptors (Lipinski definition) is 5. The van der Waals surface area contributed by atoms with Crippen LogP contribution in [0.25, 0.3) is 16.6 Å². The quantitative estimate of drug-likeness (QED) is 0.286. The van der Waals surface area contributed by atoms with E-state index in [-0.39, 0.29) is 11.1 Å². The number of hydrogen-bond donors (Lipinski definition) is 0. The Kier molecular flexibility index (Phi) is 5.44. The number of thioether (sulfide) groups is 1. The van der Waals surface area contributed by atoms with Crippen molar-refractivity contribution in [3.63, 3.8) is 0 Å². The average Bonchev–Trinajstić information content (AvgIpc) is 2.66. The number of esters is 1. The summed E-state index contributed by atoms with van der Waals surface area (Å²) >= 11 is 7.68. The van der Waals surface area contributed by atoms with Crippen LogP contribution in [-0.4, -0.2) is 28.4 Å². The molecule has 0 fully saturated rings. The average molecular weight is 387 g/mol. The minimum Gasteiger partial charge on any atom is -0.465 e. The van der Waals surface area contributed by atoms with Gasteiger partial charge in [-0.15, -0.1) is 6.58 Å². The Hall–Kier alpha value is -2.57. The summed E-state index contributed by atoms with van der Waals surface area (Å²) in [6.07, 6.45) is 1.73. The lowest BCUT2D eigenvalue weighted by Crippen LogP contribution is -2.22. The number of methoxy groups -OCH3 is 1. The molecule has 0 aliphatic carbocycles. The Morgan fingerprint density at radius 2 is 2.12 bits per heavy atom. The first kappa shape index (κ1) is 18.2. The zero-order chi connectivity index (χ0) is 18.7. The topological polar surface area (TPSA) is 61.2 Å². The van der Waals surface area contributed by atoms with Crippen molar-refractivity contribution < 1.29 is 9.53 Å². The summed E-state index contributed by atoms with van der Waals surface area (Å²) in [6.45, 7) is 3.71. The molecule has 0 atom stereocenters. The molecule has 0 bridgehead atoms. The van der Waals surface area contributed by atoms with Crippen LogP contribution < -0.4 is 5.56 Å². The highest BCUT2D eigenvalue weighted by molar-refractivity contribution is 7.99. The number of benzene rings is 2. The zero-order valence-electron chi connectivity index (χ0n) is 13.9. The molecular weight excluding hydrogens is 372 g/mol. The SMILES string of the molecule is C=CCSc1nc2ccc(C(=O)OC)cc2c(=O)n1-c1ccccc1Cl. The summed E-state index contributed by atoms with van der Waals surface area (Å²) in [5.41, 5.74) is 1.01. The van der Waals surface area contributed by atoms with Gasteiger partial charge >= 0.3 is 5.97 Å². The number of ether oxygens (including phenoxy) is 1. The van der Waals surface area contributed by atoms with Gasteiger partial charge in [0.25, 0.3) is 5.56 Å². The van der Waals surface area contributed by atoms with Crippen LogP contribution in [0, 0.1) is 0 Å². The standard InChI is InChI=1S/C19H15ClN2O3S/c1-3-10-26-19-21-15-9-8-12(18(24)25-2)11-13(15)17(23)22(19)16-7-5-4-6-14(16)20/h3-9,11H,1,10H2,2H3. The second-order valence-electron chi connectivity index (χ2n) is 5.31. The molecule has 3 rings (SSSR count). The maximum absolute atomic E-state index is 13.2. The third-order valence-electron chi connectivity index (χ3n) is 3.68. The second-order valence-corrected chi connectivity index (χ2v) is 6.70. The number of halogens is 1. The van der Waals surface area contributed by atoms with Crippen molar-refractivity contribution in [1.29, 1.82) is 0 Å². The third kappa shape index (κ3) is 3.38. The zero-order valence-corrected chi connectivity index (χ0v) is 15.5. The van der Waals surface area contributed by atoms with Crippen LogP contribution in [-0.2, 0) is 4.74 Å². The molecule has 5 nitrogen and oxygen atoms in total. The van der Waals surface area contributed by atoms with Crippen LogP contribution in [0.15, 0.2) is 65.1 Å². The predicted molar refractivity (Wildman–Crippen MR) is 105 cm³/mol. The largest absolute Gasteiger partial charge is 0.465 e. The Morgan fingerprint density at radius 1 is 1.35 bits per heavy atom. The van der Waals surface area contributed by atoms with Gasteiger partial charge in [0, 0.05) is 5.75 Å². The van der Waals surface area contributed by atoms with Crippen molar-refractivity contribution in [1.82, 2.24) is 9.55 Å². The normalized spacial score (nSPS) is 10.7. The number of carbonyl (C=O) groups excluding carboxylic acids is 1. The predicted octanol–water partition coefficient (Wildman–Crippen LogP) is 4.10. The van der Waals surface area contributed by atoms with Crippen molar-refractivity contribution >= 4 is 40.2 Å². The molecule has 3 aromatic rings. The molecule has 0 aliphatic heterocycles. The molecule has 0 spiro atoms. The highest BCUT2D eigenvalue weighted by Gasteiger charge is 2.16. The van der Waals surface area contributed by atoms with E-state index in [0.717, 1.165) is 0 Å². The van der Waals surface area contributed by atoms with Gasteiger partial charge in [0.2, 0.25) is 0 Å². The Balaban J connectivity index is 2.33. The second kappa shape index (κ2) is 7.76. The molecule has 26 heavy (non-hydrogen) atoms. The lowest BCUT2D eigenvalue weighted by atomic mass is 10.1. The molecular formula is C19H15ClN2O3S. The number of para-hydroxylation sites is 1. The van der Waals surface area contributed by atoms with Gasteiger partial charge in [0.1, 0.15) is 0 Å². The molecule has 0 saturated carbocycles. The highest BCUT2D eigenvalue weighted by atomic mass is 35.5. The van der Waals surface area contributed by atoms with E-state index >= 15 is 0 Å². The van der Waals surface area contributed by atoms with Crippen molar-refractivity contribution in [2.24, 2.45) is 0 Å². The molecule has 0 amide bonds. The minimum absolute atomic E-state index is 0.288. The van der Waals surface area contributed by atoms with Crippen LogP contribution in [0.4, 0.5) is 0 Å². The van der Waals surface area contributed by atoms with E-state index in [9.17, 15) is 9.59 Å². The van der Waals surface area contributed by atoms with Gasteiger partial charge in [0.15, 0.2) is 5.16 Å². The summed E-state index contributed by atoms with van der Waals surface area (Å²) in [5, 5.41) is 1.25. The first-order valence-corrected chi connectivity index (χ1v) is 9.07. The minimum atomic E-state index is -0.513. The fraction of sp³-hybridized carbons (Fsp3) is 0.105. The lowest BCUT2D eigenvalue weighted by molar-refractivity contribution is 0.0601. The fourth-order valence-electron chi connectivity index (χ4n) is 2.49. The van der Waals surface area contributed by atoms with Crippen LogP contribution in [0.1, 0.15) is 10.4 Å². The molecule has 0 radical (unpaired) electrons. The third-order valence-corrected chi connectivity index (χ3v) is 4.94. The van der Waals surface area contributed by atoms with Gasteiger partial charge in [-0.05, 0) is 30.3 Å². The molecule has 0 aliphatic rings. The number of aromatic nitrogens is 2. The van der Waals surface area contributed by atoms with Gasteiger partial charge in [-0.2, -0.15) is 0 Å². The lowest BCUT2D eigenvalue weighted by Gasteiger charge is -2.14. The van der Waals surface area contributed by atoms with Gasteiger partial charge in [-0.1, -0.05) is 41.6 Å². The van der Waals surface area contributed by atoms with Crippen LogP contribution in [0.5, 0.6) is 0 Å². The van der Waals surface area contributed by atoms with Gasteiger partial charge in [-0.25, -0.2) is 9.78 Å². The maximum atomic E-state index is 13.2. The van der Waals surface area contributed by atoms with E-state index in [1.165, 1.54) is 29.5 Å². The van der Waals surface area contributed by atoms with E-state index in [0.29, 0.717) is 32.5 Å². The Morgan fingerprint density at radius 3 is 2.81 bits per heavy atom.